The first-order valence-corrected chi connectivity index (χ1v) is 10.5. The van der Waals surface area contributed by atoms with Gasteiger partial charge in [-0.25, -0.2) is 0 Å². The molecule has 1 saturated heterocycles. The molecule has 0 saturated carbocycles. The minimum Gasteiger partial charge on any atom is -0.337 e. The summed E-state index contributed by atoms with van der Waals surface area (Å²) in [7, 11) is 2.13. The Balaban J connectivity index is 1.54. The summed E-state index contributed by atoms with van der Waals surface area (Å²) in [6.45, 7) is 5.39. The van der Waals surface area contributed by atoms with Crippen molar-refractivity contribution in [3.05, 3.63) is 71.8 Å². The average Bonchev–Trinajstić information content (AvgIpc) is 3.24. The molecule has 0 aromatic heterocycles. The molecule has 2 aromatic rings. The van der Waals surface area contributed by atoms with E-state index in [1.165, 1.54) is 17.5 Å². The van der Waals surface area contributed by atoms with Crippen molar-refractivity contribution in [3.63, 3.8) is 0 Å². The Morgan fingerprint density at radius 2 is 1.61 bits per heavy atom. The quantitative estimate of drug-likeness (QED) is 0.686. The molecule has 1 heterocycles. The van der Waals surface area contributed by atoms with E-state index in [9.17, 15) is 4.79 Å². The van der Waals surface area contributed by atoms with Crippen LogP contribution in [0.25, 0.3) is 0 Å². The van der Waals surface area contributed by atoms with E-state index >= 15 is 0 Å². The number of likely N-dealkylation sites (N-methyl/N-ethyl adjacent to an activating group) is 1. The number of hydrogen-bond acceptors (Lipinski definition) is 3. The van der Waals surface area contributed by atoms with Gasteiger partial charge in [0.25, 0.3) is 0 Å². The summed E-state index contributed by atoms with van der Waals surface area (Å²) in [6, 6.07) is 20.8. The molecule has 28 heavy (non-hydrogen) atoms. The van der Waals surface area contributed by atoms with Crippen LogP contribution in [0.2, 0.25) is 0 Å². The maximum Gasteiger partial charge on any atom is 0.222 e. The van der Waals surface area contributed by atoms with Crippen LogP contribution in [0.5, 0.6) is 0 Å². The van der Waals surface area contributed by atoms with Gasteiger partial charge < -0.3 is 15.1 Å². The molecular formula is C24H33N3O. The first-order chi connectivity index (χ1) is 13.7. The molecule has 1 aliphatic heterocycles. The van der Waals surface area contributed by atoms with Gasteiger partial charge in [-0.15, -0.1) is 0 Å². The number of carbonyl (C=O) groups is 1. The van der Waals surface area contributed by atoms with Gasteiger partial charge in [0.05, 0.1) is 0 Å². The molecule has 1 unspecified atom stereocenters. The van der Waals surface area contributed by atoms with Crippen molar-refractivity contribution in [3.8, 4) is 0 Å². The normalized spacial score (nSPS) is 16.4. The van der Waals surface area contributed by atoms with E-state index in [-0.39, 0.29) is 5.91 Å². The van der Waals surface area contributed by atoms with E-state index in [1.807, 2.05) is 29.2 Å². The Hall–Kier alpha value is -2.17. The molecule has 1 N–H and O–H groups in total. The molecule has 0 bridgehead atoms. The van der Waals surface area contributed by atoms with Crippen LogP contribution in [-0.4, -0.2) is 48.9 Å². The lowest BCUT2D eigenvalue weighted by atomic mass is 10.0. The Labute approximate surface area is 169 Å². The van der Waals surface area contributed by atoms with E-state index in [0.29, 0.717) is 18.9 Å². The lowest BCUT2D eigenvalue weighted by Crippen LogP contribution is -2.37. The maximum atomic E-state index is 13.0. The third-order valence-corrected chi connectivity index (χ3v) is 5.54. The van der Waals surface area contributed by atoms with Gasteiger partial charge in [0, 0.05) is 32.6 Å². The second-order valence-corrected chi connectivity index (χ2v) is 7.92. The van der Waals surface area contributed by atoms with E-state index in [2.05, 4.69) is 53.7 Å². The topological polar surface area (TPSA) is 35.6 Å². The van der Waals surface area contributed by atoms with Gasteiger partial charge in [-0.05, 0) is 50.0 Å². The maximum absolute atomic E-state index is 13.0. The van der Waals surface area contributed by atoms with Crippen molar-refractivity contribution >= 4 is 5.91 Å². The highest BCUT2D eigenvalue weighted by Gasteiger charge is 2.19. The molecule has 4 heteroatoms. The molecule has 2 aromatic carbocycles. The second-order valence-electron chi connectivity index (χ2n) is 7.92. The fourth-order valence-corrected chi connectivity index (χ4v) is 3.81. The molecule has 0 spiro atoms. The van der Waals surface area contributed by atoms with Crippen molar-refractivity contribution in [1.82, 2.24) is 15.1 Å². The average molecular weight is 380 g/mol. The largest absolute Gasteiger partial charge is 0.337 e. The van der Waals surface area contributed by atoms with Gasteiger partial charge >= 0.3 is 0 Å². The molecule has 1 fully saturated rings. The smallest absolute Gasteiger partial charge is 0.222 e. The summed E-state index contributed by atoms with van der Waals surface area (Å²) in [5.74, 6) is 0.937. The third-order valence-electron chi connectivity index (χ3n) is 5.54. The highest BCUT2D eigenvalue weighted by molar-refractivity contribution is 5.76. The van der Waals surface area contributed by atoms with Crippen LogP contribution >= 0.6 is 0 Å². The van der Waals surface area contributed by atoms with Crippen LogP contribution in [0.4, 0.5) is 0 Å². The number of rotatable bonds is 10. The van der Waals surface area contributed by atoms with Crippen molar-refractivity contribution in [2.75, 3.05) is 33.2 Å². The SMILES string of the molecule is CN(CCN(Cc1ccccc1)C(=O)CCC1CCNC1)Cc1ccccc1. The van der Waals surface area contributed by atoms with E-state index in [1.54, 1.807) is 0 Å². The molecule has 1 amide bonds. The zero-order chi connectivity index (χ0) is 19.6. The Morgan fingerprint density at radius 3 is 2.21 bits per heavy atom. The minimum atomic E-state index is 0.281. The molecule has 1 aliphatic rings. The van der Waals surface area contributed by atoms with Gasteiger partial charge in [-0.3, -0.25) is 4.79 Å². The number of nitrogens with one attached hydrogen (secondary N) is 1. The fraction of sp³-hybridized carbons (Fsp3) is 0.458. The summed E-state index contributed by atoms with van der Waals surface area (Å²) in [6.07, 6.45) is 2.85. The second kappa shape index (κ2) is 11.0. The molecular weight excluding hydrogens is 346 g/mol. The van der Waals surface area contributed by atoms with Crippen LogP contribution in [0, 0.1) is 5.92 Å². The summed E-state index contributed by atoms with van der Waals surface area (Å²) in [5, 5.41) is 3.40. The van der Waals surface area contributed by atoms with Crippen LogP contribution in [-0.2, 0) is 17.9 Å². The molecule has 0 aliphatic carbocycles. The molecule has 150 valence electrons. The lowest BCUT2D eigenvalue weighted by Gasteiger charge is -2.26. The first kappa shape index (κ1) is 20.6. The molecule has 3 rings (SSSR count). The summed E-state index contributed by atoms with van der Waals surface area (Å²) < 4.78 is 0. The van der Waals surface area contributed by atoms with E-state index in [0.717, 1.165) is 39.1 Å². The minimum absolute atomic E-state index is 0.281. The molecule has 1 atom stereocenters. The van der Waals surface area contributed by atoms with Crippen molar-refractivity contribution in [2.45, 2.75) is 32.4 Å². The van der Waals surface area contributed by atoms with Crippen molar-refractivity contribution in [1.29, 1.82) is 0 Å². The van der Waals surface area contributed by atoms with Gasteiger partial charge in [0.15, 0.2) is 0 Å². The van der Waals surface area contributed by atoms with Crippen molar-refractivity contribution in [2.24, 2.45) is 5.92 Å². The number of amides is 1. The van der Waals surface area contributed by atoms with Gasteiger partial charge in [-0.2, -0.15) is 0 Å². The van der Waals surface area contributed by atoms with Gasteiger partial charge in [0.2, 0.25) is 5.91 Å². The Morgan fingerprint density at radius 1 is 0.964 bits per heavy atom. The third kappa shape index (κ3) is 6.77. The number of carbonyl (C=O) groups excluding carboxylic acids is 1. The number of benzene rings is 2. The zero-order valence-corrected chi connectivity index (χ0v) is 17.0. The van der Waals surface area contributed by atoms with Gasteiger partial charge in [-0.1, -0.05) is 60.7 Å². The van der Waals surface area contributed by atoms with E-state index in [4.69, 9.17) is 0 Å². The summed E-state index contributed by atoms with van der Waals surface area (Å²) in [4.78, 5) is 17.3. The zero-order valence-electron chi connectivity index (χ0n) is 17.0. The van der Waals surface area contributed by atoms with Crippen LogP contribution < -0.4 is 5.32 Å². The van der Waals surface area contributed by atoms with Crippen LogP contribution in [0.1, 0.15) is 30.4 Å². The van der Waals surface area contributed by atoms with E-state index < -0.39 is 0 Å². The first-order valence-electron chi connectivity index (χ1n) is 10.5. The summed E-state index contributed by atoms with van der Waals surface area (Å²) in [5.41, 5.74) is 2.50. The molecule has 0 radical (unpaired) electrons. The highest BCUT2D eigenvalue weighted by atomic mass is 16.2. The Bertz CT molecular complexity index is 698. The summed E-state index contributed by atoms with van der Waals surface area (Å²) >= 11 is 0. The van der Waals surface area contributed by atoms with Crippen molar-refractivity contribution < 1.29 is 4.79 Å². The lowest BCUT2D eigenvalue weighted by molar-refractivity contribution is -0.132. The monoisotopic (exact) mass is 379 g/mol. The van der Waals surface area contributed by atoms with Crippen LogP contribution in [0.3, 0.4) is 0 Å². The standard InChI is InChI=1S/C24H33N3O/c1-26(19-22-8-4-2-5-9-22)16-17-27(20-23-10-6-3-7-11-23)24(28)13-12-21-14-15-25-18-21/h2-11,21,25H,12-20H2,1H3. The fourth-order valence-electron chi connectivity index (χ4n) is 3.81. The highest BCUT2D eigenvalue weighted by Crippen LogP contribution is 2.16. The number of nitrogens with zero attached hydrogens (tertiary/aromatic N) is 2. The predicted octanol–water partition coefficient (Wildman–Crippen LogP) is 3.54. The van der Waals surface area contributed by atoms with Crippen LogP contribution in [0.15, 0.2) is 60.7 Å². The number of hydrogen-bond donors (Lipinski definition) is 1. The predicted molar refractivity (Wildman–Crippen MR) is 115 cm³/mol. The Kier molecular flexibility index (Phi) is 8.07. The molecule has 4 nitrogen and oxygen atoms in total. The van der Waals surface area contributed by atoms with Gasteiger partial charge in [0.1, 0.15) is 0 Å².